The van der Waals surface area contributed by atoms with Crippen LogP contribution in [0.1, 0.15) is 44.7 Å². The van der Waals surface area contributed by atoms with Gasteiger partial charge in [0, 0.05) is 23.5 Å². The molecule has 24 heavy (non-hydrogen) atoms. The van der Waals surface area contributed by atoms with E-state index in [0.717, 1.165) is 10.7 Å². The Kier molecular flexibility index (Phi) is 4.39. The first kappa shape index (κ1) is 16.3. The number of carbonyl (C=O) groups is 2. The van der Waals surface area contributed by atoms with Gasteiger partial charge in [-0.2, -0.15) is 0 Å². The fraction of sp³-hybridized carbons (Fsp3) is 0.312. The fourth-order valence-electron chi connectivity index (χ4n) is 2.65. The summed E-state index contributed by atoms with van der Waals surface area (Å²) in [5.74, 6) is -0.706. The van der Waals surface area contributed by atoms with Crippen LogP contribution in [0.15, 0.2) is 17.8 Å². The molecule has 0 aliphatic carbocycles. The number of ether oxygens (including phenoxy) is 1. The zero-order valence-corrected chi connectivity index (χ0v) is 14.5. The number of aryl methyl sites for hydroxylation is 1. The van der Waals surface area contributed by atoms with Gasteiger partial charge in [-0.25, -0.2) is 9.78 Å². The molecule has 0 saturated carbocycles. The molecule has 3 rings (SSSR count). The first-order valence-corrected chi connectivity index (χ1v) is 8.42. The van der Waals surface area contributed by atoms with Crippen LogP contribution < -0.4 is 5.32 Å². The lowest BCUT2D eigenvalue weighted by Crippen LogP contribution is -2.24. The van der Waals surface area contributed by atoms with Gasteiger partial charge in [0.15, 0.2) is 4.96 Å². The highest BCUT2D eigenvalue weighted by Gasteiger charge is 2.23. The number of nitrogens with one attached hydrogen (secondary N) is 2. The molecule has 0 fully saturated rings. The third-order valence-corrected chi connectivity index (χ3v) is 4.64. The number of thiazole rings is 1. The second-order valence-corrected chi connectivity index (χ2v) is 6.20. The number of esters is 1. The maximum atomic E-state index is 12.5. The van der Waals surface area contributed by atoms with Gasteiger partial charge in [-0.15, -0.1) is 11.3 Å². The van der Waals surface area contributed by atoms with Crippen molar-refractivity contribution in [3.8, 4) is 0 Å². The van der Waals surface area contributed by atoms with E-state index < -0.39 is 5.97 Å². The first-order valence-electron chi connectivity index (χ1n) is 7.54. The van der Waals surface area contributed by atoms with E-state index in [9.17, 15) is 9.59 Å². The highest BCUT2D eigenvalue weighted by Crippen LogP contribution is 2.20. The molecule has 3 aromatic rings. The number of aromatic nitrogens is 3. The fourth-order valence-corrected chi connectivity index (χ4v) is 3.37. The molecule has 3 heterocycles. The summed E-state index contributed by atoms with van der Waals surface area (Å²) in [6.45, 7) is 3.97. The van der Waals surface area contributed by atoms with Crippen LogP contribution in [0.4, 0.5) is 0 Å². The highest BCUT2D eigenvalue weighted by atomic mass is 32.1. The van der Waals surface area contributed by atoms with Gasteiger partial charge in [-0.1, -0.05) is 6.92 Å². The molecular weight excluding hydrogens is 328 g/mol. The maximum Gasteiger partial charge on any atom is 0.339 e. The summed E-state index contributed by atoms with van der Waals surface area (Å²) in [7, 11) is 1.33. The molecule has 0 aromatic carbocycles. The van der Waals surface area contributed by atoms with E-state index in [1.165, 1.54) is 18.4 Å². The minimum absolute atomic E-state index is 0.270. The Morgan fingerprint density at radius 1 is 1.46 bits per heavy atom. The molecule has 0 radical (unpaired) electrons. The van der Waals surface area contributed by atoms with Crippen molar-refractivity contribution in [3.05, 3.63) is 46.0 Å². The van der Waals surface area contributed by atoms with E-state index in [4.69, 9.17) is 4.74 Å². The molecule has 0 spiro atoms. The van der Waals surface area contributed by atoms with Gasteiger partial charge in [0.2, 0.25) is 0 Å². The number of carbonyl (C=O) groups excluding carboxylic acids is 2. The number of rotatable bonds is 5. The van der Waals surface area contributed by atoms with Crippen molar-refractivity contribution in [2.24, 2.45) is 0 Å². The normalized spacial score (nSPS) is 11.0. The van der Waals surface area contributed by atoms with Gasteiger partial charge < -0.3 is 15.0 Å². The lowest BCUT2D eigenvalue weighted by atomic mass is 10.1. The second-order valence-electron chi connectivity index (χ2n) is 5.33. The highest BCUT2D eigenvalue weighted by molar-refractivity contribution is 7.15. The van der Waals surface area contributed by atoms with Crippen LogP contribution in [0.2, 0.25) is 0 Å². The molecule has 8 heteroatoms. The SMILES string of the molecule is CCc1[nH]c(C(=O)NCc2cn3ccsc3n2)c(C)c1C(=O)OC. The Hall–Kier alpha value is -2.61. The molecule has 0 saturated heterocycles. The summed E-state index contributed by atoms with van der Waals surface area (Å²) in [5.41, 5.74) is 2.90. The molecule has 0 aliphatic rings. The monoisotopic (exact) mass is 346 g/mol. The van der Waals surface area contributed by atoms with Crippen LogP contribution in [0.3, 0.4) is 0 Å². The van der Waals surface area contributed by atoms with Gasteiger partial charge >= 0.3 is 5.97 Å². The quantitative estimate of drug-likeness (QED) is 0.694. The van der Waals surface area contributed by atoms with Crippen molar-refractivity contribution in [1.82, 2.24) is 19.7 Å². The summed E-state index contributed by atoms with van der Waals surface area (Å²) in [6, 6.07) is 0. The number of methoxy groups -OCH3 is 1. The van der Waals surface area contributed by atoms with Crippen LogP contribution in [0, 0.1) is 6.92 Å². The summed E-state index contributed by atoms with van der Waals surface area (Å²) < 4.78 is 6.72. The zero-order chi connectivity index (χ0) is 17.3. The second kappa shape index (κ2) is 6.48. The van der Waals surface area contributed by atoms with Crippen molar-refractivity contribution in [2.75, 3.05) is 7.11 Å². The van der Waals surface area contributed by atoms with Crippen LogP contribution in [-0.2, 0) is 17.7 Å². The molecule has 7 nitrogen and oxygen atoms in total. The van der Waals surface area contributed by atoms with Crippen LogP contribution in [0.5, 0.6) is 0 Å². The number of amides is 1. The van der Waals surface area contributed by atoms with E-state index in [2.05, 4.69) is 15.3 Å². The average Bonchev–Trinajstić information content (AvgIpc) is 3.24. The van der Waals surface area contributed by atoms with Crippen molar-refractivity contribution in [1.29, 1.82) is 0 Å². The lowest BCUT2D eigenvalue weighted by Gasteiger charge is -2.03. The Bertz CT molecular complexity index is 877. The number of fused-ring (bicyclic) bond motifs is 1. The molecule has 0 aliphatic heterocycles. The average molecular weight is 346 g/mol. The van der Waals surface area contributed by atoms with E-state index in [1.807, 2.05) is 29.1 Å². The maximum absolute atomic E-state index is 12.5. The summed E-state index contributed by atoms with van der Waals surface area (Å²) in [5, 5.41) is 4.79. The van der Waals surface area contributed by atoms with Gasteiger partial charge in [-0.3, -0.25) is 9.20 Å². The molecule has 3 aromatic heterocycles. The predicted octanol–water partition coefficient (Wildman–Crippen LogP) is 2.31. The molecule has 126 valence electrons. The number of hydrogen-bond acceptors (Lipinski definition) is 5. The molecule has 2 N–H and O–H groups in total. The van der Waals surface area contributed by atoms with Gasteiger partial charge in [-0.05, 0) is 18.9 Å². The molecule has 0 atom stereocenters. The summed E-state index contributed by atoms with van der Waals surface area (Å²) in [6.07, 6.45) is 4.41. The topological polar surface area (TPSA) is 88.5 Å². The third-order valence-electron chi connectivity index (χ3n) is 3.87. The Labute approximate surface area is 142 Å². The van der Waals surface area contributed by atoms with E-state index in [0.29, 0.717) is 35.5 Å². The first-order chi connectivity index (χ1) is 11.5. The summed E-state index contributed by atoms with van der Waals surface area (Å²) >= 11 is 1.54. The number of hydrogen-bond donors (Lipinski definition) is 2. The summed E-state index contributed by atoms with van der Waals surface area (Å²) in [4.78, 5) is 32.7. The molecule has 0 bridgehead atoms. The molecule has 1 amide bonds. The Morgan fingerprint density at radius 3 is 2.92 bits per heavy atom. The largest absolute Gasteiger partial charge is 0.465 e. The predicted molar refractivity (Wildman–Crippen MR) is 90.5 cm³/mol. The van der Waals surface area contributed by atoms with Crippen molar-refractivity contribution >= 4 is 28.2 Å². The van der Waals surface area contributed by atoms with Crippen molar-refractivity contribution < 1.29 is 14.3 Å². The van der Waals surface area contributed by atoms with Crippen LogP contribution >= 0.6 is 11.3 Å². The van der Waals surface area contributed by atoms with Gasteiger partial charge in [0.1, 0.15) is 5.69 Å². The van der Waals surface area contributed by atoms with Crippen LogP contribution in [0.25, 0.3) is 4.96 Å². The number of imidazole rings is 1. The number of aromatic amines is 1. The lowest BCUT2D eigenvalue weighted by molar-refractivity contribution is 0.0599. The van der Waals surface area contributed by atoms with Gasteiger partial charge in [0.05, 0.1) is 24.9 Å². The number of nitrogens with zero attached hydrogens (tertiary/aromatic N) is 2. The van der Waals surface area contributed by atoms with Crippen molar-refractivity contribution in [2.45, 2.75) is 26.8 Å². The minimum Gasteiger partial charge on any atom is -0.465 e. The third kappa shape index (κ3) is 2.80. The smallest absolute Gasteiger partial charge is 0.339 e. The van der Waals surface area contributed by atoms with E-state index in [-0.39, 0.29) is 5.91 Å². The zero-order valence-electron chi connectivity index (χ0n) is 13.7. The Morgan fingerprint density at radius 2 is 2.25 bits per heavy atom. The van der Waals surface area contributed by atoms with E-state index >= 15 is 0 Å². The van der Waals surface area contributed by atoms with E-state index in [1.54, 1.807) is 6.92 Å². The standard InChI is InChI=1S/C16H18N4O3S/c1-4-11-12(15(22)23-3)9(2)13(19-11)14(21)17-7-10-8-20-5-6-24-16(20)18-10/h5-6,8,19H,4,7H2,1-3H3,(H,17,21). The van der Waals surface area contributed by atoms with Gasteiger partial charge in [0.25, 0.3) is 5.91 Å². The Balaban J connectivity index is 1.78. The van der Waals surface area contributed by atoms with Crippen molar-refractivity contribution in [3.63, 3.8) is 0 Å². The van der Waals surface area contributed by atoms with Crippen LogP contribution in [-0.4, -0.2) is 33.4 Å². The molecule has 0 unspecified atom stereocenters. The molecular formula is C16H18N4O3S. The minimum atomic E-state index is -0.436. The number of H-pyrrole nitrogens is 1.